The van der Waals surface area contributed by atoms with Gasteiger partial charge in [-0.1, -0.05) is 62.6 Å². The summed E-state index contributed by atoms with van der Waals surface area (Å²) in [6, 6.07) is 0. The Morgan fingerprint density at radius 1 is 0.681 bits per heavy atom. The van der Waals surface area contributed by atoms with Crippen LogP contribution in [0.5, 0.6) is 0 Å². The van der Waals surface area contributed by atoms with E-state index in [1.54, 1.807) is 0 Å². The molecule has 0 spiro atoms. The molecule has 0 aromatic rings. The van der Waals surface area contributed by atoms with Gasteiger partial charge in [-0.2, -0.15) is 0 Å². The highest BCUT2D eigenvalue weighted by molar-refractivity contribution is 5.69. The molecule has 11 atom stereocenters. The van der Waals surface area contributed by atoms with Gasteiger partial charge in [0.25, 0.3) is 0 Å². The van der Waals surface area contributed by atoms with Gasteiger partial charge in [-0.3, -0.25) is 4.79 Å². The van der Waals surface area contributed by atoms with Crippen molar-refractivity contribution in [2.45, 2.75) is 139 Å². The van der Waals surface area contributed by atoms with Crippen molar-refractivity contribution in [1.82, 2.24) is 0 Å². The predicted octanol–water partition coefficient (Wildman–Crippen LogP) is 0.121. The third-order valence-electron chi connectivity index (χ3n) is 7.86. The van der Waals surface area contributed by atoms with Gasteiger partial charge in [-0.25, -0.2) is 0 Å². The van der Waals surface area contributed by atoms with E-state index in [1.807, 2.05) is 0 Å². The van der Waals surface area contributed by atoms with Crippen LogP contribution < -0.4 is 0 Å². The Kier molecular flexibility index (Phi) is 20.7. The molecule has 2 aliphatic rings. The molecule has 47 heavy (non-hydrogen) atoms. The van der Waals surface area contributed by atoms with Crippen molar-refractivity contribution in [2.75, 3.05) is 26.4 Å². The Bertz CT molecular complexity index is 927. The third-order valence-corrected chi connectivity index (χ3v) is 7.86. The number of allylic oxidation sites excluding steroid dienone is 6. The van der Waals surface area contributed by atoms with Crippen LogP contribution in [0.4, 0.5) is 0 Å². The molecule has 2 fully saturated rings. The molecule has 0 saturated carbocycles. The standard InChI is InChI=1S/C33H56O14/c1-2-3-4-5-6-7-8-9-10-11-12-13-14-15-16-17-25(36)43-19-22(35)20-44-32-31(42)29(40)27(38)24(47-32)21-45-33-30(41)28(39)26(37)23(18-34)46-33/h3-4,6-7,9-10,22-24,26-35,37-42H,2,5,8,11-21H2,1H3/b4-3-,7-6-,10-9-/t22-,23-,24+,26-,27+,28+,29-,30-,31+,32+,33-/m0/s1. The van der Waals surface area contributed by atoms with Crippen molar-refractivity contribution in [3.8, 4) is 0 Å². The first-order valence-corrected chi connectivity index (χ1v) is 16.6. The second-order valence-electron chi connectivity index (χ2n) is 11.8. The van der Waals surface area contributed by atoms with Gasteiger partial charge in [-0.05, 0) is 38.5 Å². The molecule has 14 nitrogen and oxygen atoms in total. The van der Waals surface area contributed by atoms with Crippen LogP contribution in [-0.4, -0.2) is 141 Å². The summed E-state index contributed by atoms with van der Waals surface area (Å²) >= 11 is 0. The molecule has 0 aromatic heterocycles. The van der Waals surface area contributed by atoms with E-state index in [0.717, 1.165) is 51.4 Å². The van der Waals surface area contributed by atoms with Crippen molar-refractivity contribution in [3.63, 3.8) is 0 Å². The molecular formula is C33H56O14. The summed E-state index contributed by atoms with van der Waals surface area (Å²) < 4.78 is 26.6. The average Bonchev–Trinajstić information content (AvgIpc) is 3.06. The molecule has 0 unspecified atom stereocenters. The summed E-state index contributed by atoms with van der Waals surface area (Å²) in [7, 11) is 0. The van der Waals surface area contributed by atoms with Crippen LogP contribution in [0.25, 0.3) is 0 Å². The van der Waals surface area contributed by atoms with Crippen LogP contribution in [-0.2, 0) is 28.5 Å². The number of hydrogen-bond acceptors (Lipinski definition) is 14. The van der Waals surface area contributed by atoms with Crippen LogP contribution in [0.2, 0.25) is 0 Å². The second-order valence-corrected chi connectivity index (χ2v) is 11.8. The normalized spacial score (nSPS) is 32.4. The Labute approximate surface area is 276 Å². The third kappa shape index (κ3) is 15.1. The summed E-state index contributed by atoms with van der Waals surface area (Å²) in [5.74, 6) is -0.455. The largest absolute Gasteiger partial charge is 0.463 e. The predicted molar refractivity (Wildman–Crippen MR) is 169 cm³/mol. The van der Waals surface area contributed by atoms with E-state index in [1.165, 1.54) is 0 Å². The number of carbonyl (C=O) groups excluding carboxylic acids is 1. The maximum atomic E-state index is 12.1. The molecule has 2 heterocycles. The highest BCUT2D eigenvalue weighted by atomic mass is 16.7. The Hall–Kier alpha value is -1.79. The van der Waals surface area contributed by atoms with E-state index < -0.39 is 93.3 Å². The molecule has 0 aliphatic carbocycles. The number of carbonyl (C=O) groups is 1. The van der Waals surface area contributed by atoms with E-state index in [4.69, 9.17) is 23.7 Å². The number of unbranched alkanes of at least 4 members (excludes halogenated alkanes) is 5. The zero-order chi connectivity index (χ0) is 34.6. The van der Waals surface area contributed by atoms with Gasteiger partial charge in [0.2, 0.25) is 0 Å². The summed E-state index contributed by atoms with van der Waals surface area (Å²) in [5, 5.41) is 80.3. The molecule has 0 radical (unpaired) electrons. The van der Waals surface area contributed by atoms with Gasteiger partial charge in [0.05, 0.1) is 19.8 Å². The topological polar surface area (TPSA) is 225 Å². The van der Waals surface area contributed by atoms with Gasteiger partial charge in [-0.15, -0.1) is 0 Å². The van der Waals surface area contributed by atoms with Gasteiger partial charge >= 0.3 is 5.97 Å². The maximum absolute atomic E-state index is 12.1. The summed E-state index contributed by atoms with van der Waals surface area (Å²) in [6.07, 6.45) is 5.21. The number of esters is 1. The number of aliphatic hydroxyl groups is 8. The van der Waals surface area contributed by atoms with Crippen LogP contribution in [0, 0.1) is 0 Å². The molecule has 272 valence electrons. The van der Waals surface area contributed by atoms with Crippen LogP contribution in [0.1, 0.15) is 71.1 Å². The molecular weight excluding hydrogens is 620 g/mol. The molecule has 0 aromatic carbocycles. The minimum Gasteiger partial charge on any atom is -0.463 e. The Morgan fingerprint density at radius 3 is 1.89 bits per heavy atom. The van der Waals surface area contributed by atoms with Gasteiger partial charge in [0.1, 0.15) is 61.5 Å². The minimum atomic E-state index is -1.73. The van der Waals surface area contributed by atoms with Gasteiger partial charge in [0.15, 0.2) is 12.6 Å². The highest BCUT2D eigenvalue weighted by Gasteiger charge is 2.47. The number of aliphatic hydroxyl groups excluding tert-OH is 8. The first-order valence-electron chi connectivity index (χ1n) is 16.6. The summed E-state index contributed by atoms with van der Waals surface area (Å²) in [5.41, 5.74) is 0. The fourth-order valence-electron chi connectivity index (χ4n) is 4.99. The van der Waals surface area contributed by atoms with Crippen LogP contribution in [0.15, 0.2) is 36.5 Å². The molecule has 0 amide bonds. The first kappa shape index (κ1) is 41.4. The Balaban J connectivity index is 1.59. The number of hydrogen-bond donors (Lipinski definition) is 8. The van der Waals surface area contributed by atoms with E-state index in [9.17, 15) is 45.6 Å². The lowest BCUT2D eigenvalue weighted by molar-refractivity contribution is -0.332. The molecule has 14 heteroatoms. The second kappa shape index (κ2) is 23.5. The molecule has 2 aliphatic heterocycles. The zero-order valence-corrected chi connectivity index (χ0v) is 27.2. The van der Waals surface area contributed by atoms with Gasteiger partial charge < -0.3 is 64.5 Å². The lowest BCUT2D eigenvalue weighted by atomic mass is 9.98. The number of ether oxygens (including phenoxy) is 5. The molecule has 2 rings (SSSR count). The maximum Gasteiger partial charge on any atom is 0.305 e. The first-order chi connectivity index (χ1) is 22.6. The average molecular weight is 677 g/mol. The quantitative estimate of drug-likeness (QED) is 0.0433. The molecule has 2 saturated heterocycles. The van der Waals surface area contributed by atoms with Crippen molar-refractivity contribution in [3.05, 3.63) is 36.5 Å². The Morgan fingerprint density at radius 2 is 1.23 bits per heavy atom. The smallest absolute Gasteiger partial charge is 0.305 e. The van der Waals surface area contributed by atoms with Crippen molar-refractivity contribution in [2.24, 2.45) is 0 Å². The lowest BCUT2D eigenvalue weighted by Gasteiger charge is -2.42. The van der Waals surface area contributed by atoms with Crippen LogP contribution >= 0.6 is 0 Å². The van der Waals surface area contributed by atoms with E-state index in [2.05, 4.69) is 43.4 Å². The monoisotopic (exact) mass is 676 g/mol. The van der Waals surface area contributed by atoms with Crippen molar-refractivity contribution >= 4 is 5.97 Å². The van der Waals surface area contributed by atoms with Crippen molar-refractivity contribution in [1.29, 1.82) is 0 Å². The summed E-state index contributed by atoms with van der Waals surface area (Å²) in [6.45, 7) is 0.155. The summed E-state index contributed by atoms with van der Waals surface area (Å²) in [4.78, 5) is 12.1. The fraction of sp³-hybridized carbons (Fsp3) is 0.788. The van der Waals surface area contributed by atoms with E-state index >= 15 is 0 Å². The SMILES string of the molecule is CC/C=C\C/C=C\C/C=C\CCCCCCCC(=O)OC[C@H](O)CO[C@@H]1O[C@H](CO[C@H]2O[C@@H](CO)[C@H](O)[C@@H](O)[C@@H]2O)[C@@H](O)[C@H](O)[C@H]1O. The van der Waals surface area contributed by atoms with Crippen molar-refractivity contribution < 1.29 is 69.3 Å². The van der Waals surface area contributed by atoms with E-state index in [-0.39, 0.29) is 13.0 Å². The molecule has 8 N–H and O–H groups in total. The van der Waals surface area contributed by atoms with E-state index in [0.29, 0.717) is 6.42 Å². The molecule has 0 bridgehead atoms. The number of rotatable bonds is 22. The minimum absolute atomic E-state index is 0.220. The highest BCUT2D eigenvalue weighted by Crippen LogP contribution is 2.26. The fourth-order valence-corrected chi connectivity index (χ4v) is 4.99. The van der Waals surface area contributed by atoms with Crippen LogP contribution in [0.3, 0.4) is 0 Å². The van der Waals surface area contributed by atoms with Gasteiger partial charge in [0, 0.05) is 6.42 Å². The lowest BCUT2D eigenvalue weighted by Crippen LogP contribution is -2.61. The zero-order valence-electron chi connectivity index (χ0n) is 27.2.